The summed E-state index contributed by atoms with van der Waals surface area (Å²) in [5, 5.41) is 0. The molecule has 122 valence electrons. The van der Waals surface area contributed by atoms with Crippen LogP contribution in [-0.2, 0) is 16.0 Å². The van der Waals surface area contributed by atoms with Crippen LogP contribution in [0.2, 0.25) is 0 Å². The third-order valence-electron chi connectivity index (χ3n) is 4.84. The van der Waals surface area contributed by atoms with E-state index in [0.717, 1.165) is 24.9 Å². The third-order valence-corrected chi connectivity index (χ3v) is 4.84. The van der Waals surface area contributed by atoms with E-state index in [1.165, 1.54) is 5.56 Å². The van der Waals surface area contributed by atoms with Gasteiger partial charge in [0.15, 0.2) is 6.10 Å². The fourth-order valence-electron chi connectivity index (χ4n) is 3.33. The van der Waals surface area contributed by atoms with E-state index in [2.05, 4.69) is 19.9 Å². The van der Waals surface area contributed by atoms with Gasteiger partial charge < -0.3 is 15.4 Å². The second-order valence-electron chi connectivity index (χ2n) is 6.84. The number of likely N-dealkylation sites (tertiary alicyclic amines) is 1. The molecule has 0 radical (unpaired) electrons. The minimum Gasteiger partial charge on any atom is -0.363 e. The smallest absolute Gasteiger partial charge is 0.256 e. The number of halogens is 1. The summed E-state index contributed by atoms with van der Waals surface area (Å²) in [5.74, 6) is 0.0853. The number of ether oxygens (including phenoxy) is 1. The van der Waals surface area contributed by atoms with Crippen LogP contribution in [0.25, 0.3) is 0 Å². The maximum absolute atomic E-state index is 12.9. The number of hydrogen-bond donors (Lipinski definition) is 1. The molecule has 4 nitrogen and oxygen atoms in total. The molecule has 3 rings (SSSR count). The molecule has 0 saturated carbocycles. The van der Waals surface area contributed by atoms with E-state index in [1.54, 1.807) is 0 Å². The Kier molecular flexibility index (Phi) is 5.15. The Morgan fingerprint density at radius 3 is 2.82 bits per heavy atom. The van der Waals surface area contributed by atoms with E-state index in [1.807, 2.05) is 23.1 Å². The summed E-state index contributed by atoms with van der Waals surface area (Å²) < 4.78 is 5.79. The number of amides is 1. The first-order valence-electron chi connectivity index (χ1n) is 7.73. The van der Waals surface area contributed by atoms with Crippen molar-refractivity contribution in [2.45, 2.75) is 38.8 Å². The van der Waals surface area contributed by atoms with Gasteiger partial charge in [-0.15, -0.1) is 12.4 Å². The van der Waals surface area contributed by atoms with Gasteiger partial charge >= 0.3 is 0 Å². The van der Waals surface area contributed by atoms with Crippen LogP contribution in [0.15, 0.2) is 24.3 Å². The van der Waals surface area contributed by atoms with Gasteiger partial charge in [-0.25, -0.2) is 0 Å². The molecule has 2 aliphatic rings. The van der Waals surface area contributed by atoms with E-state index in [0.29, 0.717) is 13.2 Å². The lowest BCUT2D eigenvalue weighted by Crippen LogP contribution is -2.55. The zero-order valence-corrected chi connectivity index (χ0v) is 14.1. The number of nitrogens with zero attached hydrogens (tertiary/aromatic N) is 1. The van der Waals surface area contributed by atoms with E-state index < -0.39 is 6.10 Å². The van der Waals surface area contributed by atoms with Crippen LogP contribution >= 0.6 is 12.4 Å². The summed E-state index contributed by atoms with van der Waals surface area (Å²) in [6.07, 6.45) is 1.30. The van der Waals surface area contributed by atoms with Crippen molar-refractivity contribution in [3.05, 3.63) is 35.4 Å². The molecular formula is C17H25ClN2O2. The lowest BCUT2D eigenvalue weighted by atomic mass is 9.79. The van der Waals surface area contributed by atoms with Gasteiger partial charge in [0, 0.05) is 19.1 Å². The Hall–Kier alpha value is -1.10. The van der Waals surface area contributed by atoms with Gasteiger partial charge in [0.25, 0.3) is 5.91 Å². The van der Waals surface area contributed by atoms with Crippen LogP contribution in [-0.4, -0.2) is 36.5 Å². The standard InChI is InChI=1S/C17H24N2O2.ClH/c1-17(2)11-19(9-7-14(17)18)16(20)15-13-6-4-3-5-12(13)8-10-21-15;/h3-6,14-15H,7-11,18H2,1-2H3;1H. The topological polar surface area (TPSA) is 55.6 Å². The van der Waals surface area contributed by atoms with Gasteiger partial charge in [0.05, 0.1) is 6.61 Å². The molecule has 0 aliphatic carbocycles. The monoisotopic (exact) mass is 324 g/mol. The molecular weight excluding hydrogens is 300 g/mol. The van der Waals surface area contributed by atoms with E-state index in [-0.39, 0.29) is 29.8 Å². The van der Waals surface area contributed by atoms with Crippen LogP contribution in [0.4, 0.5) is 0 Å². The largest absolute Gasteiger partial charge is 0.363 e. The highest BCUT2D eigenvalue weighted by atomic mass is 35.5. The number of carbonyl (C=O) groups excluding carboxylic acids is 1. The maximum Gasteiger partial charge on any atom is 0.256 e. The zero-order chi connectivity index (χ0) is 15.0. The first-order chi connectivity index (χ1) is 9.99. The van der Waals surface area contributed by atoms with Crippen LogP contribution < -0.4 is 5.73 Å². The van der Waals surface area contributed by atoms with Gasteiger partial charge in [-0.1, -0.05) is 38.1 Å². The molecule has 0 bridgehead atoms. The summed E-state index contributed by atoms with van der Waals surface area (Å²) >= 11 is 0. The van der Waals surface area contributed by atoms with E-state index in [4.69, 9.17) is 10.5 Å². The van der Waals surface area contributed by atoms with Crippen LogP contribution in [0, 0.1) is 5.41 Å². The number of carbonyl (C=O) groups is 1. The highest BCUT2D eigenvalue weighted by Gasteiger charge is 2.38. The summed E-state index contributed by atoms with van der Waals surface area (Å²) in [6.45, 7) is 6.31. The number of piperidine rings is 1. The van der Waals surface area contributed by atoms with Crippen molar-refractivity contribution in [1.82, 2.24) is 4.90 Å². The van der Waals surface area contributed by atoms with Crippen molar-refractivity contribution < 1.29 is 9.53 Å². The molecule has 2 N–H and O–H groups in total. The number of nitrogens with two attached hydrogens (primary N) is 1. The first kappa shape index (κ1) is 17.3. The highest BCUT2D eigenvalue weighted by Crippen LogP contribution is 2.33. The van der Waals surface area contributed by atoms with Crippen molar-refractivity contribution in [2.75, 3.05) is 19.7 Å². The number of benzene rings is 1. The first-order valence-corrected chi connectivity index (χ1v) is 7.73. The van der Waals surface area contributed by atoms with Gasteiger partial charge in [0.1, 0.15) is 0 Å². The average molecular weight is 325 g/mol. The van der Waals surface area contributed by atoms with E-state index in [9.17, 15) is 4.79 Å². The Labute approximate surface area is 138 Å². The Morgan fingerprint density at radius 1 is 1.36 bits per heavy atom. The summed E-state index contributed by atoms with van der Waals surface area (Å²) in [7, 11) is 0. The van der Waals surface area contributed by atoms with Crippen LogP contribution in [0.1, 0.15) is 37.5 Å². The fraction of sp³-hybridized carbons (Fsp3) is 0.588. The van der Waals surface area contributed by atoms with Crippen molar-refractivity contribution in [2.24, 2.45) is 11.1 Å². The second kappa shape index (κ2) is 6.57. The molecule has 1 aromatic rings. The SMILES string of the molecule is CC1(C)CN(C(=O)C2OCCc3ccccc32)CCC1N.Cl. The van der Waals surface area contributed by atoms with Crippen LogP contribution in [0.5, 0.6) is 0 Å². The molecule has 2 atom stereocenters. The third kappa shape index (κ3) is 3.14. The minimum absolute atomic E-state index is 0. The average Bonchev–Trinajstić information content (AvgIpc) is 2.48. The zero-order valence-electron chi connectivity index (χ0n) is 13.2. The van der Waals surface area contributed by atoms with Gasteiger partial charge in [0.2, 0.25) is 0 Å². The fourth-order valence-corrected chi connectivity index (χ4v) is 3.33. The highest BCUT2D eigenvalue weighted by molar-refractivity contribution is 5.85. The summed E-state index contributed by atoms with van der Waals surface area (Å²) in [4.78, 5) is 14.8. The van der Waals surface area contributed by atoms with Gasteiger partial charge in [-0.05, 0) is 29.4 Å². The molecule has 0 aromatic heterocycles. The Bertz CT molecular complexity index is 547. The Morgan fingerprint density at radius 2 is 2.09 bits per heavy atom. The molecule has 2 aliphatic heterocycles. The molecule has 1 fully saturated rings. The molecule has 0 spiro atoms. The lowest BCUT2D eigenvalue weighted by molar-refractivity contribution is -0.148. The van der Waals surface area contributed by atoms with Crippen molar-refractivity contribution in [3.8, 4) is 0 Å². The second-order valence-corrected chi connectivity index (χ2v) is 6.84. The predicted octanol–water partition coefficient (Wildman–Crippen LogP) is 2.31. The molecule has 2 unspecified atom stereocenters. The summed E-state index contributed by atoms with van der Waals surface area (Å²) in [5.41, 5.74) is 8.38. The van der Waals surface area contributed by atoms with Crippen molar-refractivity contribution in [1.29, 1.82) is 0 Å². The quantitative estimate of drug-likeness (QED) is 0.862. The molecule has 1 aromatic carbocycles. The minimum atomic E-state index is -0.444. The predicted molar refractivity (Wildman–Crippen MR) is 89.0 cm³/mol. The maximum atomic E-state index is 12.9. The van der Waals surface area contributed by atoms with Crippen molar-refractivity contribution >= 4 is 18.3 Å². The molecule has 1 saturated heterocycles. The molecule has 2 heterocycles. The summed E-state index contributed by atoms with van der Waals surface area (Å²) in [6, 6.07) is 8.26. The number of hydrogen-bond acceptors (Lipinski definition) is 3. The van der Waals surface area contributed by atoms with Gasteiger partial charge in [-0.2, -0.15) is 0 Å². The van der Waals surface area contributed by atoms with Gasteiger partial charge in [-0.3, -0.25) is 4.79 Å². The lowest BCUT2D eigenvalue weighted by Gasteiger charge is -2.43. The Balaban J connectivity index is 0.00000176. The molecule has 5 heteroatoms. The molecule has 22 heavy (non-hydrogen) atoms. The number of fused-ring (bicyclic) bond motifs is 1. The van der Waals surface area contributed by atoms with Crippen LogP contribution in [0.3, 0.4) is 0 Å². The van der Waals surface area contributed by atoms with Crippen molar-refractivity contribution in [3.63, 3.8) is 0 Å². The molecule has 1 amide bonds. The normalized spacial score (nSPS) is 26.8. The number of rotatable bonds is 1. The van der Waals surface area contributed by atoms with E-state index >= 15 is 0 Å².